The van der Waals surface area contributed by atoms with Crippen molar-refractivity contribution in [2.24, 2.45) is 5.92 Å². The van der Waals surface area contributed by atoms with Crippen LogP contribution in [0, 0.1) is 5.92 Å². The van der Waals surface area contributed by atoms with E-state index >= 15 is 0 Å². The van der Waals surface area contributed by atoms with Crippen LogP contribution in [0.5, 0.6) is 0 Å². The maximum absolute atomic E-state index is 11.4. The molecule has 0 aliphatic rings. The molecule has 1 heterocycles. The molecule has 1 aromatic heterocycles. The second kappa shape index (κ2) is 6.95. The first-order chi connectivity index (χ1) is 7.72. The zero-order chi connectivity index (χ0) is 11.8. The smallest absolute Gasteiger partial charge is 0.241 e. The third kappa shape index (κ3) is 4.88. The molecule has 16 heavy (non-hydrogen) atoms. The SMILES string of the molecule is CC(CO)CCCNC(=O)Cn1cncn1. The summed E-state index contributed by atoms with van der Waals surface area (Å²) in [4.78, 5) is 15.1. The topological polar surface area (TPSA) is 80.0 Å². The van der Waals surface area contributed by atoms with Crippen molar-refractivity contribution in [2.75, 3.05) is 13.2 Å². The predicted molar refractivity (Wildman–Crippen MR) is 58.5 cm³/mol. The van der Waals surface area contributed by atoms with Crippen molar-refractivity contribution in [1.82, 2.24) is 20.1 Å². The van der Waals surface area contributed by atoms with Crippen LogP contribution in [0.1, 0.15) is 19.8 Å². The Kier molecular flexibility index (Phi) is 5.49. The number of aromatic nitrogens is 3. The summed E-state index contributed by atoms with van der Waals surface area (Å²) in [5.41, 5.74) is 0. The summed E-state index contributed by atoms with van der Waals surface area (Å²) < 4.78 is 1.48. The van der Waals surface area contributed by atoms with Gasteiger partial charge in [0.2, 0.25) is 5.91 Å². The van der Waals surface area contributed by atoms with Gasteiger partial charge in [0, 0.05) is 13.2 Å². The molecule has 0 aromatic carbocycles. The van der Waals surface area contributed by atoms with Crippen LogP contribution in [0.3, 0.4) is 0 Å². The quantitative estimate of drug-likeness (QED) is 0.631. The highest BCUT2D eigenvalue weighted by Gasteiger charge is 2.03. The number of amides is 1. The maximum Gasteiger partial charge on any atom is 0.241 e. The second-order valence-electron chi connectivity index (χ2n) is 3.87. The Balaban J connectivity index is 2.07. The molecule has 0 aliphatic heterocycles. The number of hydrogen-bond donors (Lipinski definition) is 2. The Bertz CT molecular complexity index is 300. The maximum atomic E-state index is 11.4. The van der Waals surface area contributed by atoms with Crippen LogP contribution in [0.15, 0.2) is 12.7 Å². The predicted octanol–water partition coefficient (Wildman–Crippen LogP) is -0.197. The summed E-state index contributed by atoms with van der Waals surface area (Å²) >= 11 is 0. The van der Waals surface area contributed by atoms with E-state index in [1.165, 1.54) is 17.3 Å². The Labute approximate surface area is 94.7 Å². The fourth-order valence-corrected chi connectivity index (χ4v) is 1.29. The highest BCUT2D eigenvalue weighted by Crippen LogP contribution is 2.02. The average Bonchev–Trinajstić information content (AvgIpc) is 2.76. The number of nitrogens with zero attached hydrogens (tertiary/aromatic N) is 3. The highest BCUT2D eigenvalue weighted by atomic mass is 16.3. The van der Waals surface area contributed by atoms with E-state index in [1.54, 1.807) is 0 Å². The van der Waals surface area contributed by atoms with Gasteiger partial charge in [0.25, 0.3) is 0 Å². The van der Waals surface area contributed by atoms with Gasteiger partial charge in [-0.3, -0.25) is 4.79 Å². The van der Waals surface area contributed by atoms with E-state index in [1.807, 2.05) is 6.92 Å². The van der Waals surface area contributed by atoms with Crippen LogP contribution in [-0.2, 0) is 11.3 Å². The van der Waals surface area contributed by atoms with E-state index in [9.17, 15) is 4.79 Å². The van der Waals surface area contributed by atoms with E-state index in [0.717, 1.165) is 12.8 Å². The molecule has 0 radical (unpaired) electrons. The van der Waals surface area contributed by atoms with E-state index in [2.05, 4.69) is 15.4 Å². The van der Waals surface area contributed by atoms with Crippen molar-refractivity contribution in [3.8, 4) is 0 Å². The molecular formula is C10H18N4O2. The van der Waals surface area contributed by atoms with Crippen molar-refractivity contribution < 1.29 is 9.90 Å². The van der Waals surface area contributed by atoms with Crippen molar-refractivity contribution in [2.45, 2.75) is 26.3 Å². The van der Waals surface area contributed by atoms with E-state index < -0.39 is 0 Å². The van der Waals surface area contributed by atoms with Crippen LogP contribution in [0.2, 0.25) is 0 Å². The summed E-state index contributed by atoms with van der Waals surface area (Å²) in [7, 11) is 0. The summed E-state index contributed by atoms with van der Waals surface area (Å²) in [5, 5.41) is 15.4. The highest BCUT2D eigenvalue weighted by molar-refractivity contribution is 5.75. The molecule has 1 unspecified atom stereocenters. The first kappa shape index (κ1) is 12.6. The summed E-state index contributed by atoms with van der Waals surface area (Å²) in [5.74, 6) is 0.231. The van der Waals surface area contributed by atoms with Crippen molar-refractivity contribution in [3.05, 3.63) is 12.7 Å². The van der Waals surface area contributed by atoms with Crippen molar-refractivity contribution in [1.29, 1.82) is 0 Å². The van der Waals surface area contributed by atoms with Crippen LogP contribution < -0.4 is 5.32 Å². The van der Waals surface area contributed by atoms with E-state index in [0.29, 0.717) is 12.5 Å². The van der Waals surface area contributed by atoms with Crippen molar-refractivity contribution in [3.63, 3.8) is 0 Å². The number of carbonyl (C=O) groups is 1. The number of carbonyl (C=O) groups excluding carboxylic acids is 1. The molecule has 0 spiro atoms. The van der Waals surface area contributed by atoms with Crippen LogP contribution >= 0.6 is 0 Å². The van der Waals surface area contributed by atoms with Gasteiger partial charge in [0.05, 0.1) is 0 Å². The summed E-state index contributed by atoms with van der Waals surface area (Å²) in [6, 6.07) is 0. The molecule has 6 nitrogen and oxygen atoms in total. The van der Waals surface area contributed by atoms with Gasteiger partial charge >= 0.3 is 0 Å². The number of nitrogens with one attached hydrogen (secondary N) is 1. The number of aliphatic hydroxyl groups excluding tert-OH is 1. The molecule has 90 valence electrons. The molecule has 0 saturated carbocycles. The van der Waals surface area contributed by atoms with Gasteiger partial charge in [-0.2, -0.15) is 5.10 Å². The lowest BCUT2D eigenvalue weighted by Crippen LogP contribution is -2.28. The van der Waals surface area contributed by atoms with Gasteiger partial charge in [-0.15, -0.1) is 0 Å². The Morgan fingerprint density at radius 2 is 2.44 bits per heavy atom. The minimum Gasteiger partial charge on any atom is -0.396 e. The van der Waals surface area contributed by atoms with Crippen LogP contribution in [-0.4, -0.2) is 38.9 Å². The first-order valence-electron chi connectivity index (χ1n) is 5.42. The molecule has 1 amide bonds. The molecule has 2 N–H and O–H groups in total. The molecule has 0 aliphatic carbocycles. The Hall–Kier alpha value is -1.43. The second-order valence-corrected chi connectivity index (χ2v) is 3.87. The fraction of sp³-hybridized carbons (Fsp3) is 0.700. The first-order valence-corrected chi connectivity index (χ1v) is 5.42. The summed E-state index contributed by atoms with van der Waals surface area (Å²) in [6.07, 6.45) is 4.70. The molecular weight excluding hydrogens is 208 g/mol. The summed E-state index contributed by atoms with van der Waals surface area (Å²) in [6.45, 7) is 3.03. The zero-order valence-corrected chi connectivity index (χ0v) is 9.46. The lowest BCUT2D eigenvalue weighted by molar-refractivity contribution is -0.121. The van der Waals surface area contributed by atoms with Gasteiger partial charge in [0.15, 0.2) is 0 Å². The van der Waals surface area contributed by atoms with Gasteiger partial charge in [-0.1, -0.05) is 6.92 Å². The third-order valence-electron chi connectivity index (χ3n) is 2.28. The Morgan fingerprint density at radius 3 is 3.06 bits per heavy atom. The van der Waals surface area contributed by atoms with Gasteiger partial charge in [-0.25, -0.2) is 9.67 Å². The largest absolute Gasteiger partial charge is 0.396 e. The molecule has 0 bridgehead atoms. The zero-order valence-electron chi connectivity index (χ0n) is 9.46. The Morgan fingerprint density at radius 1 is 1.62 bits per heavy atom. The normalized spacial score (nSPS) is 12.4. The average molecular weight is 226 g/mol. The molecule has 6 heteroatoms. The van der Waals surface area contributed by atoms with Crippen molar-refractivity contribution >= 4 is 5.91 Å². The number of rotatable bonds is 7. The standard InChI is InChI=1S/C10H18N4O2/c1-9(6-15)3-2-4-12-10(16)5-14-8-11-7-13-14/h7-9,15H,2-6H2,1H3,(H,12,16). The van der Waals surface area contributed by atoms with Gasteiger partial charge in [0.1, 0.15) is 19.2 Å². The number of aliphatic hydroxyl groups is 1. The van der Waals surface area contributed by atoms with E-state index in [-0.39, 0.29) is 19.1 Å². The molecule has 0 saturated heterocycles. The molecule has 1 atom stereocenters. The monoisotopic (exact) mass is 226 g/mol. The lowest BCUT2D eigenvalue weighted by Gasteiger charge is -2.08. The molecule has 1 rings (SSSR count). The minimum absolute atomic E-state index is 0.0675. The van der Waals surface area contributed by atoms with E-state index in [4.69, 9.17) is 5.11 Å². The van der Waals surface area contributed by atoms with Crippen LogP contribution in [0.25, 0.3) is 0 Å². The van der Waals surface area contributed by atoms with Crippen LogP contribution in [0.4, 0.5) is 0 Å². The fourth-order valence-electron chi connectivity index (χ4n) is 1.29. The molecule has 1 aromatic rings. The lowest BCUT2D eigenvalue weighted by atomic mass is 10.1. The van der Waals surface area contributed by atoms with Gasteiger partial charge in [-0.05, 0) is 18.8 Å². The van der Waals surface area contributed by atoms with Gasteiger partial charge < -0.3 is 10.4 Å². The molecule has 0 fully saturated rings. The number of hydrogen-bond acceptors (Lipinski definition) is 4. The minimum atomic E-state index is -0.0675. The third-order valence-corrected chi connectivity index (χ3v) is 2.28.